The first-order valence-electron chi connectivity index (χ1n) is 5.53. The highest BCUT2D eigenvalue weighted by molar-refractivity contribution is 5.33. The third-order valence-corrected chi connectivity index (χ3v) is 2.36. The fourth-order valence-corrected chi connectivity index (χ4v) is 1.48. The van der Waals surface area contributed by atoms with Gasteiger partial charge in [-0.15, -0.1) is 0 Å². The molecule has 2 rings (SSSR count). The number of nitrogens with two attached hydrogens (primary N) is 1. The van der Waals surface area contributed by atoms with Gasteiger partial charge in [0.1, 0.15) is 11.6 Å². The minimum atomic E-state index is 0.361. The van der Waals surface area contributed by atoms with Crippen LogP contribution >= 0.6 is 0 Å². The first-order valence-corrected chi connectivity index (χ1v) is 5.53. The van der Waals surface area contributed by atoms with Crippen molar-refractivity contribution < 1.29 is 0 Å². The fraction of sp³-hybridized carbons (Fsp3) is 0.250. The fourth-order valence-electron chi connectivity index (χ4n) is 1.48. The predicted octanol–water partition coefficient (Wildman–Crippen LogP) is 0.985. The molecule has 2 aromatic rings. The molecule has 0 saturated carbocycles. The molecule has 5 nitrogen and oxygen atoms in total. The van der Waals surface area contributed by atoms with Crippen LogP contribution < -0.4 is 11.1 Å². The first kappa shape index (κ1) is 11.5. The van der Waals surface area contributed by atoms with Crippen LogP contribution in [0.15, 0.2) is 36.8 Å². The number of hydrogen-bond donors (Lipinski definition) is 2. The average molecular weight is 229 g/mol. The van der Waals surface area contributed by atoms with E-state index in [1.807, 2.05) is 18.2 Å². The van der Waals surface area contributed by atoms with Gasteiger partial charge in [0, 0.05) is 25.1 Å². The van der Waals surface area contributed by atoms with Crippen LogP contribution in [-0.2, 0) is 13.0 Å². The number of nitrogens with one attached hydrogen (secondary N) is 1. The third-order valence-electron chi connectivity index (χ3n) is 2.36. The molecule has 17 heavy (non-hydrogen) atoms. The van der Waals surface area contributed by atoms with E-state index in [-0.39, 0.29) is 0 Å². The van der Waals surface area contributed by atoms with Crippen LogP contribution in [-0.4, -0.2) is 21.5 Å². The zero-order valence-electron chi connectivity index (χ0n) is 9.50. The molecule has 0 spiro atoms. The Hall–Kier alpha value is -2.01. The molecule has 0 radical (unpaired) electrons. The summed E-state index contributed by atoms with van der Waals surface area (Å²) in [5.41, 5.74) is 6.73. The van der Waals surface area contributed by atoms with Gasteiger partial charge in [0.15, 0.2) is 0 Å². The van der Waals surface area contributed by atoms with Gasteiger partial charge in [0.2, 0.25) is 0 Å². The van der Waals surface area contributed by atoms with Crippen molar-refractivity contribution in [3.63, 3.8) is 0 Å². The number of aromatic nitrogens is 3. The number of pyridine rings is 1. The van der Waals surface area contributed by atoms with Crippen molar-refractivity contribution in [2.24, 2.45) is 5.73 Å². The van der Waals surface area contributed by atoms with Gasteiger partial charge in [0.25, 0.3) is 0 Å². The van der Waals surface area contributed by atoms with Crippen LogP contribution in [0.5, 0.6) is 0 Å². The Morgan fingerprint density at radius 1 is 1.12 bits per heavy atom. The molecular formula is C12H15N5. The van der Waals surface area contributed by atoms with E-state index < -0.39 is 0 Å². The van der Waals surface area contributed by atoms with Gasteiger partial charge in [-0.2, -0.15) is 0 Å². The Kier molecular flexibility index (Phi) is 3.99. The van der Waals surface area contributed by atoms with Crippen molar-refractivity contribution in [1.29, 1.82) is 0 Å². The van der Waals surface area contributed by atoms with Gasteiger partial charge < -0.3 is 11.1 Å². The van der Waals surface area contributed by atoms with Crippen molar-refractivity contribution in [3.8, 4) is 0 Å². The molecule has 2 heterocycles. The maximum atomic E-state index is 5.48. The SMILES string of the molecule is NCc1nccc(NCCc2ccncc2)n1. The summed E-state index contributed by atoms with van der Waals surface area (Å²) in [6.45, 7) is 1.19. The van der Waals surface area contributed by atoms with Crippen LogP contribution in [0.2, 0.25) is 0 Å². The Labute approximate surface area is 100 Å². The summed E-state index contributed by atoms with van der Waals surface area (Å²) < 4.78 is 0. The molecule has 3 N–H and O–H groups in total. The van der Waals surface area contributed by atoms with Gasteiger partial charge in [-0.25, -0.2) is 9.97 Å². The third kappa shape index (κ3) is 3.49. The quantitative estimate of drug-likeness (QED) is 0.799. The number of hydrogen-bond acceptors (Lipinski definition) is 5. The minimum Gasteiger partial charge on any atom is -0.370 e. The Balaban J connectivity index is 1.86. The molecule has 0 atom stereocenters. The zero-order valence-corrected chi connectivity index (χ0v) is 9.50. The van der Waals surface area contributed by atoms with E-state index in [1.165, 1.54) is 5.56 Å². The number of anilines is 1. The topological polar surface area (TPSA) is 76.7 Å². The highest BCUT2D eigenvalue weighted by atomic mass is 15.0. The Morgan fingerprint density at radius 2 is 1.94 bits per heavy atom. The monoisotopic (exact) mass is 229 g/mol. The molecule has 5 heteroatoms. The summed E-state index contributed by atoms with van der Waals surface area (Å²) in [6.07, 6.45) is 6.24. The second kappa shape index (κ2) is 5.91. The summed E-state index contributed by atoms with van der Waals surface area (Å²) in [4.78, 5) is 12.3. The van der Waals surface area contributed by atoms with Gasteiger partial charge in [0.05, 0.1) is 6.54 Å². The molecule has 0 unspecified atom stereocenters. The lowest BCUT2D eigenvalue weighted by Gasteiger charge is -2.06. The maximum absolute atomic E-state index is 5.48. The minimum absolute atomic E-state index is 0.361. The van der Waals surface area contributed by atoms with Crippen LogP contribution in [0.1, 0.15) is 11.4 Å². The maximum Gasteiger partial charge on any atom is 0.144 e. The summed E-state index contributed by atoms with van der Waals surface area (Å²) in [7, 11) is 0. The van der Waals surface area contributed by atoms with E-state index in [9.17, 15) is 0 Å². The molecule has 0 fully saturated rings. The molecule has 0 aromatic carbocycles. The Morgan fingerprint density at radius 3 is 2.71 bits per heavy atom. The smallest absolute Gasteiger partial charge is 0.144 e. The van der Waals surface area contributed by atoms with Gasteiger partial charge in [-0.3, -0.25) is 4.98 Å². The second-order valence-corrected chi connectivity index (χ2v) is 3.59. The highest BCUT2D eigenvalue weighted by Gasteiger charge is 1.97. The lowest BCUT2D eigenvalue weighted by molar-refractivity contribution is 0.900. The van der Waals surface area contributed by atoms with Crippen LogP contribution in [0, 0.1) is 0 Å². The summed E-state index contributed by atoms with van der Waals surface area (Å²) in [5.74, 6) is 1.47. The van der Waals surface area contributed by atoms with Crippen molar-refractivity contribution >= 4 is 5.82 Å². The normalized spacial score (nSPS) is 10.2. The average Bonchev–Trinajstić information content (AvgIpc) is 2.40. The van der Waals surface area contributed by atoms with E-state index in [1.54, 1.807) is 18.6 Å². The standard InChI is InChI=1S/C12H15N5/c13-9-12-16-8-4-11(17-12)15-7-3-10-1-5-14-6-2-10/h1-2,4-6,8H,3,7,9,13H2,(H,15,16,17). The molecule has 0 saturated heterocycles. The van der Waals surface area contributed by atoms with Crippen molar-refractivity contribution in [3.05, 3.63) is 48.2 Å². The first-order chi connectivity index (χ1) is 8.38. The largest absolute Gasteiger partial charge is 0.370 e. The summed E-state index contributed by atoms with van der Waals surface area (Å²) in [6, 6.07) is 5.85. The molecular weight excluding hydrogens is 214 g/mol. The lowest BCUT2D eigenvalue weighted by Crippen LogP contribution is -2.09. The van der Waals surface area contributed by atoms with Crippen LogP contribution in [0.3, 0.4) is 0 Å². The second-order valence-electron chi connectivity index (χ2n) is 3.59. The molecule has 0 amide bonds. The van der Waals surface area contributed by atoms with Gasteiger partial charge in [-0.1, -0.05) is 0 Å². The van der Waals surface area contributed by atoms with Crippen molar-refractivity contribution in [2.75, 3.05) is 11.9 Å². The van der Waals surface area contributed by atoms with E-state index in [0.717, 1.165) is 18.8 Å². The lowest BCUT2D eigenvalue weighted by atomic mass is 10.2. The number of nitrogens with zero attached hydrogens (tertiary/aromatic N) is 3. The van der Waals surface area contributed by atoms with E-state index >= 15 is 0 Å². The zero-order chi connectivity index (χ0) is 11.9. The summed E-state index contributed by atoms with van der Waals surface area (Å²) >= 11 is 0. The molecule has 0 aliphatic rings. The van der Waals surface area contributed by atoms with E-state index in [0.29, 0.717) is 12.4 Å². The molecule has 0 bridgehead atoms. The van der Waals surface area contributed by atoms with E-state index in [4.69, 9.17) is 5.73 Å². The van der Waals surface area contributed by atoms with Gasteiger partial charge >= 0.3 is 0 Å². The molecule has 88 valence electrons. The molecule has 2 aromatic heterocycles. The predicted molar refractivity (Wildman–Crippen MR) is 66.4 cm³/mol. The van der Waals surface area contributed by atoms with E-state index in [2.05, 4.69) is 20.3 Å². The Bertz CT molecular complexity index is 457. The number of rotatable bonds is 5. The van der Waals surface area contributed by atoms with Gasteiger partial charge in [-0.05, 0) is 30.2 Å². The summed E-state index contributed by atoms with van der Waals surface area (Å²) in [5, 5.41) is 3.24. The molecule has 0 aliphatic heterocycles. The van der Waals surface area contributed by atoms with Crippen molar-refractivity contribution in [1.82, 2.24) is 15.0 Å². The van der Waals surface area contributed by atoms with Crippen molar-refractivity contribution in [2.45, 2.75) is 13.0 Å². The van der Waals surface area contributed by atoms with Crippen LogP contribution in [0.25, 0.3) is 0 Å². The van der Waals surface area contributed by atoms with Crippen LogP contribution in [0.4, 0.5) is 5.82 Å². The highest BCUT2D eigenvalue weighted by Crippen LogP contribution is 2.03. The molecule has 0 aliphatic carbocycles.